The van der Waals surface area contributed by atoms with E-state index >= 15 is 0 Å². The number of benzene rings is 1. The average Bonchev–Trinajstić information content (AvgIpc) is 2.36. The maximum atomic E-state index is 13.4. The van der Waals surface area contributed by atoms with E-state index in [9.17, 15) is 4.39 Å². The molecule has 0 spiro atoms. The van der Waals surface area contributed by atoms with Crippen LogP contribution in [0.3, 0.4) is 0 Å². The Bertz CT molecular complexity index is 422. The number of rotatable bonds is 3. The Balaban J connectivity index is 2.37. The second-order valence-corrected chi connectivity index (χ2v) is 5.25. The van der Waals surface area contributed by atoms with Crippen LogP contribution >= 0.6 is 0 Å². The van der Waals surface area contributed by atoms with Crippen molar-refractivity contribution in [3.8, 4) is 5.75 Å². The van der Waals surface area contributed by atoms with Crippen LogP contribution in [0.5, 0.6) is 5.75 Å². The van der Waals surface area contributed by atoms with Crippen LogP contribution in [0.2, 0.25) is 0 Å². The van der Waals surface area contributed by atoms with Crippen LogP contribution in [-0.2, 0) is 0 Å². The molecule has 2 N–H and O–H groups in total. The topological polar surface area (TPSA) is 38.5 Å². The van der Waals surface area contributed by atoms with Gasteiger partial charge < -0.3 is 15.4 Å². The number of fused-ring (bicyclic) bond motifs is 1. The molecule has 3 nitrogen and oxygen atoms in total. The Morgan fingerprint density at radius 1 is 1.44 bits per heavy atom. The first-order valence-electron chi connectivity index (χ1n) is 6.46. The van der Waals surface area contributed by atoms with Crippen molar-refractivity contribution in [3.05, 3.63) is 24.0 Å². The molecule has 1 heterocycles. The van der Waals surface area contributed by atoms with E-state index in [0.717, 1.165) is 18.0 Å². The molecule has 0 bridgehead atoms. The number of nitrogens with two attached hydrogens (primary N) is 1. The van der Waals surface area contributed by atoms with E-state index in [1.54, 1.807) is 6.07 Å². The van der Waals surface area contributed by atoms with Crippen molar-refractivity contribution in [2.75, 3.05) is 18.0 Å². The van der Waals surface area contributed by atoms with Gasteiger partial charge in [-0.1, -0.05) is 13.8 Å². The van der Waals surface area contributed by atoms with Gasteiger partial charge in [0.2, 0.25) is 0 Å². The summed E-state index contributed by atoms with van der Waals surface area (Å²) in [5.74, 6) is 0.923. The first kappa shape index (κ1) is 13.1. The summed E-state index contributed by atoms with van der Waals surface area (Å²) in [6, 6.07) is 4.84. The minimum atomic E-state index is -0.241. The van der Waals surface area contributed by atoms with E-state index in [0.29, 0.717) is 12.5 Å². The number of anilines is 1. The Morgan fingerprint density at radius 2 is 2.17 bits per heavy atom. The highest BCUT2D eigenvalue weighted by molar-refractivity contribution is 5.61. The lowest BCUT2D eigenvalue weighted by atomic mass is 10.0. The van der Waals surface area contributed by atoms with Crippen molar-refractivity contribution < 1.29 is 9.13 Å². The fourth-order valence-electron chi connectivity index (χ4n) is 2.20. The number of nitrogens with zero attached hydrogens (tertiary/aromatic N) is 1. The summed E-state index contributed by atoms with van der Waals surface area (Å²) in [7, 11) is 0. The molecule has 18 heavy (non-hydrogen) atoms. The van der Waals surface area contributed by atoms with Crippen LogP contribution in [0.1, 0.15) is 20.8 Å². The fourth-order valence-corrected chi connectivity index (χ4v) is 2.20. The molecule has 2 rings (SSSR count). The lowest BCUT2D eigenvalue weighted by molar-refractivity contribution is 0.142. The standard InChI is InChI=1S/C14H21FN2O/c1-9(2)14-8-17(10(3)7-16)12-6-11(15)4-5-13(12)18-14/h4-6,9-10,14H,7-8,16H2,1-3H3. The van der Waals surface area contributed by atoms with E-state index in [-0.39, 0.29) is 18.0 Å². The van der Waals surface area contributed by atoms with Gasteiger partial charge in [-0.2, -0.15) is 0 Å². The van der Waals surface area contributed by atoms with E-state index in [2.05, 4.69) is 25.7 Å². The van der Waals surface area contributed by atoms with Crippen molar-refractivity contribution in [2.24, 2.45) is 11.7 Å². The highest BCUT2D eigenvalue weighted by atomic mass is 19.1. The van der Waals surface area contributed by atoms with Crippen LogP contribution in [0.15, 0.2) is 18.2 Å². The third kappa shape index (κ3) is 2.43. The molecule has 0 saturated heterocycles. The van der Waals surface area contributed by atoms with Gasteiger partial charge in [0.25, 0.3) is 0 Å². The summed E-state index contributed by atoms with van der Waals surface area (Å²) in [6.45, 7) is 7.61. The molecule has 2 unspecified atom stereocenters. The molecule has 0 amide bonds. The van der Waals surface area contributed by atoms with Gasteiger partial charge in [-0.3, -0.25) is 0 Å². The van der Waals surface area contributed by atoms with Gasteiger partial charge in [0.05, 0.1) is 12.2 Å². The zero-order valence-corrected chi connectivity index (χ0v) is 11.2. The minimum absolute atomic E-state index is 0.122. The van der Waals surface area contributed by atoms with Gasteiger partial charge in [0.1, 0.15) is 17.7 Å². The van der Waals surface area contributed by atoms with E-state index in [4.69, 9.17) is 10.5 Å². The summed E-state index contributed by atoms with van der Waals surface area (Å²) in [4.78, 5) is 2.15. The van der Waals surface area contributed by atoms with Crippen molar-refractivity contribution >= 4 is 5.69 Å². The predicted molar refractivity (Wildman–Crippen MR) is 71.5 cm³/mol. The normalized spacial score (nSPS) is 20.6. The fraction of sp³-hybridized carbons (Fsp3) is 0.571. The monoisotopic (exact) mass is 252 g/mol. The van der Waals surface area contributed by atoms with Gasteiger partial charge in [-0.05, 0) is 25.0 Å². The van der Waals surface area contributed by atoms with Crippen LogP contribution in [0.4, 0.5) is 10.1 Å². The Hall–Kier alpha value is -1.29. The second kappa shape index (κ2) is 5.14. The smallest absolute Gasteiger partial charge is 0.143 e. The number of halogens is 1. The van der Waals surface area contributed by atoms with Gasteiger partial charge in [-0.25, -0.2) is 4.39 Å². The van der Waals surface area contributed by atoms with Crippen LogP contribution < -0.4 is 15.4 Å². The summed E-state index contributed by atoms with van der Waals surface area (Å²) in [6.07, 6.45) is 0.122. The molecule has 0 aromatic heterocycles. The number of hydrogen-bond acceptors (Lipinski definition) is 3. The molecule has 1 aromatic carbocycles. The highest BCUT2D eigenvalue weighted by Crippen LogP contribution is 2.36. The lowest BCUT2D eigenvalue weighted by Crippen LogP contribution is -2.49. The largest absolute Gasteiger partial charge is 0.486 e. The molecule has 1 aliphatic rings. The van der Waals surface area contributed by atoms with Gasteiger partial charge >= 0.3 is 0 Å². The van der Waals surface area contributed by atoms with E-state index in [1.807, 2.05) is 0 Å². The van der Waals surface area contributed by atoms with Crippen molar-refractivity contribution in [3.63, 3.8) is 0 Å². The van der Waals surface area contributed by atoms with E-state index in [1.165, 1.54) is 12.1 Å². The molecule has 1 aromatic rings. The lowest BCUT2D eigenvalue weighted by Gasteiger charge is -2.41. The minimum Gasteiger partial charge on any atom is -0.486 e. The maximum Gasteiger partial charge on any atom is 0.143 e. The maximum absolute atomic E-state index is 13.4. The summed E-state index contributed by atoms with van der Waals surface area (Å²) >= 11 is 0. The molecule has 0 radical (unpaired) electrons. The molecular formula is C14H21FN2O. The molecule has 1 aliphatic heterocycles. The SMILES string of the molecule is CC(C)C1CN(C(C)CN)c2cc(F)ccc2O1. The van der Waals surface area contributed by atoms with Crippen molar-refractivity contribution in [1.29, 1.82) is 0 Å². The first-order valence-corrected chi connectivity index (χ1v) is 6.46. The Kier molecular flexibility index (Phi) is 3.76. The van der Waals surface area contributed by atoms with Crippen LogP contribution in [0.25, 0.3) is 0 Å². The predicted octanol–water partition coefficient (Wildman–Crippen LogP) is 2.40. The molecule has 2 atom stereocenters. The molecular weight excluding hydrogens is 231 g/mol. The van der Waals surface area contributed by atoms with Crippen LogP contribution in [0, 0.1) is 11.7 Å². The summed E-state index contributed by atoms with van der Waals surface area (Å²) in [5, 5.41) is 0. The average molecular weight is 252 g/mol. The van der Waals surface area contributed by atoms with Gasteiger partial charge in [0, 0.05) is 18.7 Å². The summed E-state index contributed by atoms with van der Waals surface area (Å²) in [5.41, 5.74) is 6.55. The van der Waals surface area contributed by atoms with Crippen molar-refractivity contribution in [1.82, 2.24) is 0 Å². The van der Waals surface area contributed by atoms with Crippen LogP contribution in [-0.4, -0.2) is 25.2 Å². The molecule has 0 fully saturated rings. The number of ether oxygens (including phenoxy) is 1. The highest BCUT2D eigenvalue weighted by Gasteiger charge is 2.30. The Morgan fingerprint density at radius 3 is 2.78 bits per heavy atom. The zero-order valence-electron chi connectivity index (χ0n) is 11.2. The van der Waals surface area contributed by atoms with Gasteiger partial charge in [0.15, 0.2) is 0 Å². The van der Waals surface area contributed by atoms with E-state index < -0.39 is 0 Å². The Labute approximate surface area is 108 Å². The quantitative estimate of drug-likeness (QED) is 0.897. The zero-order chi connectivity index (χ0) is 13.3. The molecule has 0 aliphatic carbocycles. The number of hydrogen-bond donors (Lipinski definition) is 1. The third-order valence-corrected chi connectivity index (χ3v) is 3.50. The molecule has 100 valence electrons. The molecule has 0 saturated carbocycles. The third-order valence-electron chi connectivity index (χ3n) is 3.50. The molecule has 4 heteroatoms. The van der Waals surface area contributed by atoms with Crippen molar-refractivity contribution in [2.45, 2.75) is 32.9 Å². The second-order valence-electron chi connectivity index (χ2n) is 5.25. The summed E-state index contributed by atoms with van der Waals surface area (Å²) < 4.78 is 19.3. The van der Waals surface area contributed by atoms with Gasteiger partial charge in [-0.15, -0.1) is 0 Å². The first-order chi connectivity index (χ1) is 8.52.